The Hall–Kier alpha value is -2.43. The number of rotatable bonds is 2. The van der Waals surface area contributed by atoms with Crippen LogP contribution < -0.4 is 5.69 Å². The van der Waals surface area contributed by atoms with Crippen molar-refractivity contribution >= 4 is 11.0 Å². The van der Waals surface area contributed by atoms with E-state index in [1.165, 1.54) is 27.3 Å². The van der Waals surface area contributed by atoms with Crippen LogP contribution in [-0.4, -0.2) is 9.13 Å². The zero-order valence-corrected chi connectivity index (χ0v) is 10.8. The molecule has 0 radical (unpaired) electrons. The highest BCUT2D eigenvalue weighted by molar-refractivity contribution is 5.75. The minimum atomic E-state index is -0.648. The molecule has 0 unspecified atom stereocenters. The Morgan fingerprint density at radius 3 is 2.20 bits per heavy atom. The van der Waals surface area contributed by atoms with Gasteiger partial charge < -0.3 is 0 Å². The van der Waals surface area contributed by atoms with Crippen LogP contribution in [0.5, 0.6) is 0 Å². The Kier molecular flexibility index (Phi) is 2.89. The first-order chi connectivity index (χ1) is 9.59. The van der Waals surface area contributed by atoms with E-state index in [4.69, 9.17) is 0 Å². The average molecular weight is 274 g/mol. The Labute approximate surface area is 113 Å². The van der Waals surface area contributed by atoms with Gasteiger partial charge in [0, 0.05) is 12.6 Å². The Morgan fingerprint density at radius 1 is 0.950 bits per heavy atom. The lowest BCUT2D eigenvalue weighted by molar-refractivity contribution is 0.542. The van der Waals surface area contributed by atoms with Gasteiger partial charge >= 0.3 is 5.69 Å². The van der Waals surface area contributed by atoms with E-state index in [9.17, 15) is 13.6 Å². The second-order valence-corrected chi connectivity index (χ2v) is 4.62. The van der Waals surface area contributed by atoms with Gasteiger partial charge in [0.25, 0.3) is 0 Å². The molecule has 0 aliphatic carbocycles. The lowest BCUT2D eigenvalue weighted by atomic mass is 10.2. The highest BCUT2D eigenvalue weighted by atomic mass is 19.1. The van der Waals surface area contributed by atoms with Crippen LogP contribution in [0.25, 0.3) is 11.0 Å². The summed E-state index contributed by atoms with van der Waals surface area (Å²) in [5, 5.41) is 0. The number of imidazole rings is 1. The van der Waals surface area contributed by atoms with Gasteiger partial charge in [0.15, 0.2) is 0 Å². The van der Waals surface area contributed by atoms with E-state index in [2.05, 4.69) is 0 Å². The summed E-state index contributed by atoms with van der Waals surface area (Å²) in [5.41, 5.74) is 0.983. The molecule has 1 heterocycles. The average Bonchev–Trinajstić information content (AvgIpc) is 2.68. The Morgan fingerprint density at radius 2 is 1.55 bits per heavy atom. The molecule has 0 aliphatic rings. The largest absolute Gasteiger partial charge is 0.329 e. The summed E-state index contributed by atoms with van der Waals surface area (Å²) >= 11 is 0. The maximum Gasteiger partial charge on any atom is 0.329 e. The number of fused-ring (bicyclic) bond motifs is 1. The second-order valence-electron chi connectivity index (χ2n) is 4.62. The van der Waals surface area contributed by atoms with Gasteiger partial charge in [0.1, 0.15) is 11.6 Å². The number of aromatic nitrogens is 2. The number of aryl methyl sites for hydroxylation is 1. The predicted molar refractivity (Wildman–Crippen MR) is 72.6 cm³/mol. The quantitative estimate of drug-likeness (QED) is 0.705. The van der Waals surface area contributed by atoms with Crippen LogP contribution in [0.1, 0.15) is 5.56 Å². The molecule has 2 aromatic carbocycles. The van der Waals surface area contributed by atoms with Crippen molar-refractivity contribution in [2.75, 3.05) is 0 Å². The van der Waals surface area contributed by atoms with Gasteiger partial charge in [-0.25, -0.2) is 13.6 Å². The minimum absolute atomic E-state index is 0.106. The van der Waals surface area contributed by atoms with E-state index in [-0.39, 0.29) is 17.8 Å². The number of benzene rings is 2. The van der Waals surface area contributed by atoms with E-state index in [0.29, 0.717) is 5.52 Å². The predicted octanol–water partition coefficient (Wildman–Crippen LogP) is 2.67. The molecular formula is C15H12F2N2O. The fraction of sp³-hybridized carbons (Fsp3) is 0.133. The molecule has 20 heavy (non-hydrogen) atoms. The van der Waals surface area contributed by atoms with Crippen molar-refractivity contribution in [3.05, 3.63) is 70.1 Å². The van der Waals surface area contributed by atoms with Crippen molar-refractivity contribution < 1.29 is 8.78 Å². The molecule has 5 heteroatoms. The fourth-order valence-electron chi connectivity index (χ4n) is 2.36. The summed E-state index contributed by atoms with van der Waals surface area (Å²) in [6, 6.07) is 10.8. The molecule has 3 rings (SSSR count). The zero-order chi connectivity index (χ0) is 14.3. The van der Waals surface area contributed by atoms with Crippen molar-refractivity contribution in [1.82, 2.24) is 9.13 Å². The van der Waals surface area contributed by atoms with Crippen LogP contribution in [-0.2, 0) is 13.6 Å². The summed E-state index contributed by atoms with van der Waals surface area (Å²) in [4.78, 5) is 12.2. The lowest BCUT2D eigenvalue weighted by Crippen LogP contribution is -2.23. The summed E-state index contributed by atoms with van der Waals surface area (Å²) in [7, 11) is 1.64. The monoisotopic (exact) mass is 274 g/mol. The SMILES string of the molecule is Cn1c(=O)n(Cc2c(F)cccc2F)c2ccccc21. The lowest BCUT2D eigenvalue weighted by Gasteiger charge is -2.06. The summed E-state index contributed by atoms with van der Waals surface area (Å²) < 4.78 is 30.3. The van der Waals surface area contributed by atoms with Gasteiger partial charge in [-0.2, -0.15) is 0 Å². The zero-order valence-electron chi connectivity index (χ0n) is 10.8. The third kappa shape index (κ3) is 1.82. The molecular weight excluding hydrogens is 262 g/mol. The van der Waals surface area contributed by atoms with Gasteiger partial charge in [-0.05, 0) is 24.3 Å². The van der Waals surface area contributed by atoms with Crippen molar-refractivity contribution in [2.45, 2.75) is 6.54 Å². The first kappa shape index (κ1) is 12.6. The third-order valence-electron chi connectivity index (χ3n) is 3.43. The van der Waals surface area contributed by atoms with E-state index >= 15 is 0 Å². The molecule has 0 fully saturated rings. The topological polar surface area (TPSA) is 26.9 Å². The van der Waals surface area contributed by atoms with Gasteiger partial charge in [-0.3, -0.25) is 9.13 Å². The molecule has 3 nitrogen and oxygen atoms in total. The molecule has 0 spiro atoms. The van der Waals surface area contributed by atoms with Gasteiger partial charge in [-0.15, -0.1) is 0 Å². The van der Waals surface area contributed by atoms with Gasteiger partial charge in [0.2, 0.25) is 0 Å². The number of hydrogen-bond donors (Lipinski definition) is 0. The van der Waals surface area contributed by atoms with E-state index in [1.807, 2.05) is 6.07 Å². The van der Waals surface area contributed by atoms with Crippen LogP contribution in [0.3, 0.4) is 0 Å². The number of nitrogens with zero attached hydrogens (tertiary/aromatic N) is 2. The van der Waals surface area contributed by atoms with Crippen LogP contribution in [0.4, 0.5) is 8.78 Å². The molecule has 0 saturated carbocycles. The second kappa shape index (κ2) is 4.59. The maximum absolute atomic E-state index is 13.7. The van der Waals surface area contributed by atoms with Gasteiger partial charge in [-0.1, -0.05) is 18.2 Å². The van der Waals surface area contributed by atoms with Crippen molar-refractivity contribution in [3.8, 4) is 0 Å². The third-order valence-corrected chi connectivity index (χ3v) is 3.43. The summed E-state index contributed by atoms with van der Waals surface area (Å²) in [5.74, 6) is -1.30. The highest BCUT2D eigenvalue weighted by Crippen LogP contribution is 2.17. The van der Waals surface area contributed by atoms with E-state index < -0.39 is 11.6 Å². The van der Waals surface area contributed by atoms with Crippen molar-refractivity contribution in [3.63, 3.8) is 0 Å². The molecule has 0 saturated heterocycles. The van der Waals surface area contributed by atoms with Crippen LogP contribution >= 0.6 is 0 Å². The number of hydrogen-bond acceptors (Lipinski definition) is 1. The highest BCUT2D eigenvalue weighted by Gasteiger charge is 2.14. The van der Waals surface area contributed by atoms with Crippen LogP contribution in [0.15, 0.2) is 47.3 Å². The molecule has 0 aliphatic heterocycles. The first-order valence-corrected chi connectivity index (χ1v) is 6.16. The van der Waals surface area contributed by atoms with Gasteiger partial charge in [0.05, 0.1) is 17.6 Å². The van der Waals surface area contributed by atoms with E-state index in [0.717, 1.165) is 5.52 Å². The normalized spacial score (nSPS) is 11.2. The minimum Gasteiger partial charge on any atom is -0.295 e. The molecule has 0 atom stereocenters. The smallest absolute Gasteiger partial charge is 0.295 e. The Bertz CT molecular complexity index is 828. The maximum atomic E-state index is 13.7. The summed E-state index contributed by atoms with van der Waals surface area (Å²) in [6.07, 6.45) is 0. The first-order valence-electron chi connectivity index (χ1n) is 6.16. The van der Waals surface area contributed by atoms with Crippen molar-refractivity contribution in [2.24, 2.45) is 7.05 Å². The van der Waals surface area contributed by atoms with Crippen LogP contribution in [0, 0.1) is 11.6 Å². The number of para-hydroxylation sites is 2. The fourth-order valence-corrected chi connectivity index (χ4v) is 2.36. The Balaban J connectivity index is 2.22. The van der Waals surface area contributed by atoms with Crippen molar-refractivity contribution in [1.29, 1.82) is 0 Å². The molecule has 0 N–H and O–H groups in total. The van der Waals surface area contributed by atoms with Crippen LogP contribution in [0.2, 0.25) is 0 Å². The molecule has 3 aromatic rings. The standard InChI is InChI=1S/C15H12F2N2O/c1-18-13-7-2-3-8-14(13)19(15(18)20)9-10-11(16)5-4-6-12(10)17/h2-8H,9H2,1H3. The molecule has 102 valence electrons. The summed E-state index contributed by atoms with van der Waals surface area (Å²) in [6.45, 7) is -0.126. The molecule has 1 aromatic heterocycles. The number of halogens is 2. The molecule has 0 amide bonds. The molecule has 0 bridgehead atoms. The van der Waals surface area contributed by atoms with E-state index in [1.54, 1.807) is 25.2 Å².